The molecule has 0 atom stereocenters. The highest BCUT2D eigenvalue weighted by Crippen LogP contribution is 2.28. The molecule has 0 radical (unpaired) electrons. The number of methoxy groups -OCH3 is 2. The van der Waals surface area contributed by atoms with Gasteiger partial charge in [0.05, 0.1) is 14.2 Å². The average Bonchev–Trinajstić information content (AvgIpc) is 2.38. The third-order valence-electron chi connectivity index (χ3n) is 3.28. The van der Waals surface area contributed by atoms with Crippen LogP contribution in [0, 0.1) is 0 Å². The molecule has 2 aliphatic rings. The van der Waals surface area contributed by atoms with Crippen LogP contribution < -0.4 is 22.9 Å². The number of nitrogens with two attached hydrogens (primary N) is 4. The zero-order valence-electron chi connectivity index (χ0n) is 11.6. The molecule has 0 aromatic rings. The van der Waals surface area contributed by atoms with Crippen LogP contribution in [0.25, 0.3) is 0 Å². The molecule has 0 unspecified atom stereocenters. The number of rotatable bonds is 2. The minimum Gasteiger partial charge on any atom is -0.497 e. The van der Waals surface area contributed by atoms with Gasteiger partial charge in [0, 0.05) is 0 Å². The molecule has 0 bridgehead atoms. The summed E-state index contributed by atoms with van der Waals surface area (Å²) in [6, 6.07) is 0. The predicted molar refractivity (Wildman–Crippen MR) is 77.7 cm³/mol. The minimum absolute atomic E-state index is 0.473. The molecule has 0 saturated carbocycles. The van der Waals surface area contributed by atoms with Crippen LogP contribution in [0.2, 0.25) is 0 Å². The highest BCUT2D eigenvalue weighted by atomic mass is 16.5. The van der Waals surface area contributed by atoms with Gasteiger partial charge in [-0.2, -0.15) is 0 Å². The molecule has 0 aromatic heterocycles. The van der Waals surface area contributed by atoms with E-state index in [0.717, 1.165) is 11.1 Å². The van der Waals surface area contributed by atoms with E-state index in [1.165, 1.54) is 14.2 Å². The first kappa shape index (κ1) is 14.5. The average molecular weight is 276 g/mol. The quantitative estimate of drug-likeness (QED) is 0.514. The second-order valence-corrected chi connectivity index (χ2v) is 4.87. The minimum atomic E-state index is -1.10. The summed E-state index contributed by atoms with van der Waals surface area (Å²) in [6.07, 6.45) is 10.6. The summed E-state index contributed by atoms with van der Waals surface area (Å²) in [5.74, 6) is 0.946. The van der Waals surface area contributed by atoms with E-state index in [2.05, 4.69) is 0 Å². The standard InChI is InChI=1S/C14H20N4O2/c1-19-11-7-9(3-5-13(11,15)16)10-4-6-14(17,18)12(8-10)20-2/h3-8H,15-18H2,1-2H3. The van der Waals surface area contributed by atoms with Gasteiger partial charge in [-0.25, -0.2) is 0 Å². The summed E-state index contributed by atoms with van der Waals surface area (Å²) in [4.78, 5) is 0. The summed E-state index contributed by atoms with van der Waals surface area (Å²) in [5, 5.41) is 0. The van der Waals surface area contributed by atoms with Crippen LogP contribution >= 0.6 is 0 Å². The topological polar surface area (TPSA) is 123 Å². The number of hydrogen-bond donors (Lipinski definition) is 4. The Hall–Kier alpha value is -1.86. The summed E-state index contributed by atoms with van der Waals surface area (Å²) in [6.45, 7) is 0. The molecule has 0 fully saturated rings. The molecule has 8 N–H and O–H groups in total. The lowest BCUT2D eigenvalue weighted by Gasteiger charge is -2.28. The van der Waals surface area contributed by atoms with Crippen molar-refractivity contribution in [3.63, 3.8) is 0 Å². The third-order valence-corrected chi connectivity index (χ3v) is 3.28. The van der Waals surface area contributed by atoms with Crippen molar-refractivity contribution < 1.29 is 9.47 Å². The van der Waals surface area contributed by atoms with Gasteiger partial charge < -0.3 is 32.4 Å². The lowest BCUT2D eigenvalue weighted by atomic mass is 9.92. The normalized spacial score (nSPS) is 26.9. The molecule has 0 spiro atoms. The number of allylic oxidation sites excluding steroid dienone is 6. The van der Waals surface area contributed by atoms with Gasteiger partial charge >= 0.3 is 0 Å². The summed E-state index contributed by atoms with van der Waals surface area (Å²) >= 11 is 0. The van der Waals surface area contributed by atoms with Crippen molar-refractivity contribution in [2.75, 3.05) is 14.2 Å². The Morgan fingerprint density at radius 3 is 1.40 bits per heavy atom. The Bertz CT molecular complexity index is 516. The first-order chi connectivity index (χ1) is 9.30. The lowest BCUT2D eigenvalue weighted by molar-refractivity contribution is 0.240. The molecule has 2 aliphatic carbocycles. The van der Waals surface area contributed by atoms with E-state index in [0.29, 0.717) is 11.5 Å². The maximum atomic E-state index is 5.90. The number of ether oxygens (including phenoxy) is 2. The zero-order valence-corrected chi connectivity index (χ0v) is 11.6. The van der Waals surface area contributed by atoms with Gasteiger partial charge in [0.25, 0.3) is 0 Å². The second kappa shape index (κ2) is 4.92. The fourth-order valence-electron chi connectivity index (χ4n) is 2.08. The van der Waals surface area contributed by atoms with Crippen LogP contribution in [0.1, 0.15) is 0 Å². The van der Waals surface area contributed by atoms with E-state index in [1.807, 2.05) is 12.2 Å². The fourth-order valence-corrected chi connectivity index (χ4v) is 2.08. The SMILES string of the molecule is COC1=CC(=C2C=CC(N)(N)C(OC)=C2)C=CC1(N)N. The van der Waals surface area contributed by atoms with Crippen molar-refractivity contribution in [1.82, 2.24) is 0 Å². The van der Waals surface area contributed by atoms with Crippen molar-refractivity contribution in [2.24, 2.45) is 22.9 Å². The monoisotopic (exact) mass is 276 g/mol. The zero-order chi connectivity index (χ0) is 15.0. The molecule has 6 nitrogen and oxygen atoms in total. The predicted octanol–water partition coefficient (Wildman–Crippen LogP) is -0.289. The highest BCUT2D eigenvalue weighted by Gasteiger charge is 2.29. The number of hydrogen-bond acceptors (Lipinski definition) is 6. The Labute approximate surface area is 118 Å². The highest BCUT2D eigenvalue weighted by molar-refractivity contribution is 5.55. The largest absolute Gasteiger partial charge is 0.497 e. The first-order valence-electron chi connectivity index (χ1n) is 6.11. The van der Waals surface area contributed by atoms with E-state index in [9.17, 15) is 0 Å². The van der Waals surface area contributed by atoms with Crippen molar-refractivity contribution in [1.29, 1.82) is 0 Å². The Kier molecular flexibility index (Phi) is 3.58. The van der Waals surface area contributed by atoms with Crippen LogP contribution in [0.15, 0.2) is 59.1 Å². The van der Waals surface area contributed by atoms with E-state index in [4.69, 9.17) is 32.4 Å². The van der Waals surface area contributed by atoms with Crippen molar-refractivity contribution in [3.8, 4) is 0 Å². The smallest absolute Gasteiger partial charge is 0.142 e. The fraction of sp³-hybridized carbons (Fsp3) is 0.286. The van der Waals surface area contributed by atoms with E-state index >= 15 is 0 Å². The Morgan fingerprint density at radius 2 is 1.10 bits per heavy atom. The molecular formula is C14H20N4O2. The maximum Gasteiger partial charge on any atom is 0.142 e. The van der Waals surface area contributed by atoms with Gasteiger partial charge in [0.15, 0.2) is 0 Å². The lowest BCUT2D eigenvalue weighted by Crippen LogP contribution is -2.51. The molecule has 0 saturated heterocycles. The van der Waals surface area contributed by atoms with Crippen molar-refractivity contribution in [3.05, 3.63) is 59.1 Å². The Balaban J connectivity index is 2.46. The maximum absolute atomic E-state index is 5.90. The molecule has 20 heavy (non-hydrogen) atoms. The van der Waals surface area contributed by atoms with Gasteiger partial charge in [-0.15, -0.1) is 0 Å². The molecule has 0 heterocycles. The molecule has 6 heteroatoms. The van der Waals surface area contributed by atoms with Gasteiger partial charge in [0.2, 0.25) is 0 Å². The van der Waals surface area contributed by atoms with E-state index in [-0.39, 0.29) is 0 Å². The van der Waals surface area contributed by atoms with Crippen molar-refractivity contribution in [2.45, 2.75) is 11.3 Å². The third kappa shape index (κ3) is 2.54. The summed E-state index contributed by atoms with van der Waals surface area (Å²) in [7, 11) is 3.05. The molecule has 0 aromatic carbocycles. The van der Waals surface area contributed by atoms with Gasteiger partial charge in [0.1, 0.15) is 22.8 Å². The first-order valence-corrected chi connectivity index (χ1v) is 6.11. The van der Waals surface area contributed by atoms with Crippen LogP contribution in [-0.4, -0.2) is 25.5 Å². The second-order valence-electron chi connectivity index (χ2n) is 4.87. The van der Waals surface area contributed by atoms with Crippen LogP contribution in [0.4, 0.5) is 0 Å². The van der Waals surface area contributed by atoms with Crippen LogP contribution in [0.3, 0.4) is 0 Å². The summed E-state index contributed by atoms with van der Waals surface area (Å²) in [5.41, 5.74) is 23.2. The van der Waals surface area contributed by atoms with Crippen molar-refractivity contribution >= 4 is 0 Å². The van der Waals surface area contributed by atoms with Crippen LogP contribution in [-0.2, 0) is 9.47 Å². The Morgan fingerprint density at radius 1 is 0.750 bits per heavy atom. The molecule has 0 aliphatic heterocycles. The van der Waals surface area contributed by atoms with Crippen LogP contribution in [0.5, 0.6) is 0 Å². The summed E-state index contributed by atoms with van der Waals surface area (Å²) < 4.78 is 10.4. The van der Waals surface area contributed by atoms with E-state index in [1.54, 1.807) is 24.3 Å². The van der Waals surface area contributed by atoms with Gasteiger partial charge in [-0.1, -0.05) is 12.2 Å². The molecular weight excluding hydrogens is 256 g/mol. The van der Waals surface area contributed by atoms with Gasteiger partial charge in [-0.3, -0.25) is 0 Å². The molecule has 108 valence electrons. The van der Waals surface area contributed by atoms with E-state index < -0.39 is 11.3 Å². The van der Waals surface area contributed by atoms with Gasteiger partial charge in [-0.05, 0) is 35.5 Å². The molecule has 0 amide bonds. The molecule has 2 rings (SSSR count).